The first-order valence-electron chi connectivity index (χ1n) is 4.66. The second-order valence-corrected chi connectivity index (χ2v) is 3.25. The summed E-state index contributed by atoms with van der Waals surface area (Å²) in [6, 6.07) is 5.88. The molecule has 1 amide bonds. The van der Waals surface area contributed by atoms with Crippen LogP contribution in [-0.4, -0.2) is 5.91 Å². The van der Waals surface area contributed by atoms with Crippen LogP contribution in [-0.2, 0) is 11.0 Å². The van der Waals surface area contributed by atoms with Crippen LogP contribution in [0, 0.1) is 22.7 Å². The molecule has 0 atom stereocenters. The van der Waals surface area contributed by atoms with Gasteiger partial charge in [-0.3, -0.25) is 4.79 Å². The third-order valence-electron chi connectivity index (χ3n) is 1.97. The highest BCUT2D eigenvalue weighted by molar-refractivity contribution is 5.93. The van der Waals surface area contributed by atoms with Gasteiger partial charge in [0.15, 0.2) is 0 Å². The van der Waals surface area contributed by atoms with Crippen molar-refractivity contribution in [2.45, 2.75) is 12.6 Å². The van der Waals surface area contributed by atoms with Gasteiger partial charge < -0.3 is 5.32 Å². The van der Waals surface area contributed by atoms with E-state index in [-0.39, 0.29) is 5.56 Å². The van der Waals surface area contributed by atoms with Crippen molar-refractivity contribution < 1.29 is 18.0 Å². The average molecular weight is 253 g/mol. The third kappa shape index (κ3) is 3.22. The molecule has 0 aliphatic rings. The number of nitrogens with zero attached hydrogens (tertiary/aromatic N) is 2. The summed E-state index contributed by atoms with van der Waals surface area (Å²) >= 11 is 0. The number of halogens is 3. The number of nitrogens with one attached hydrogen (secondary N) is 1. The van der Waals surface area contributed by atoms with Crippen molar-refractivity contribution in [3.05, 3.63) is 29.3 Å². The lowest BCUT2D eigenvalue weighted by Gasteiger charge is -2.13. The van der Waals surface area contributed by atoms with Gasteiger partial charge in [0.05, 0.1) is 29.0 Å². The maximum absolute atomic E-state index is 12.7. The van der Waals surface area contributed by atoms with Crippen molar-refractivity contribution >= 4 is 11.6 Å². The molecule has 0 spiro atoms. The molecule has 0 aromatic heterocycles. The molecule has 0 heterocycles. The number of hydrogen-bond acceptors (Lipinski definition) is 3. The molecule has 1 aromatic rings. The zero-order valence-electron chi connectivity index (χ0n) is 8.88. The minimum Gasteiger partial charge on any atom is -0.325 e. The van der Waals surface area contributed by atoms with Crippen molar-refractivity contribution in [1.82, 2.24) is 0 Å². The number of benzene rings is 1. The molecule has 92 valence electrons. The fourth-order valence-electron chi connectivity index (χ4n) is 1.22. The summed E-state index contributed by atoms with van der Waals surface area (Å²) < 4.78 is 38.0. The van der Waals surface area contributed by atoms with E-state index in [2.05, 4.69) is 0 Å². The molecular weight excluding hydrogens is 247 g/mol. The minimum absolute atomic E-state index is 0.166. The van der Waals surface area contributed by atoms with E-state index in [0.29, 0.717) is 6.07 Å². The smallest absolute Gasteiger partial charge is 0.325 e. The fourth-order valence-corrected chi connectivity index (χ4v) is 1.22. The number of nitriles is 2. The predicted molar refractivity (Wildman–Crippen MR) is 55.0 cm³/mol. The summed E-state index contributed by atoms with van der Waals surface area (Å²) in [5.74, 6) is -0.840. The Hall–Kier alpha value is -2.54. The molecule has 4 nitrogen and oxygen atoms in total. The van der Waals surface area contributed by atoms with Crippen LogP contribution in [0.3, 0.4) is 0 Å². The van der Waals surface area contributed by atoms with Crippen LogP contribution < -0.4 is 5.32 Å². The number of anilines is 1. The van der Waals surface area contributed by atoms with E-state index in [1.54, 1.807) is 6.07 Å². The molecule has 0 unspecified atom stereocenters. The number of hydrogen-bond donors (Lipinski definition) is 1. The van der Waals surface area contributed by atoms with Gasteiger partial charge in [-0.15, -0.1) is 0 Å². The highest BCUT2D eigenvalue weighted by atomic mass is 19.4. The lowest BCUT2D eigenvalue weighted by molar-refractivity contribution is -0.137. The predicted octanol–water partition coefficient (Wildman–Crippen LogP) is 2.43. The largest absolute Gasteiger partial charge is 0.418 e. The molecule has 0 fully saturated rings. The molecule has 0 saturated carbocycles. The summed E-state index contributed by atoms with van der Waals surface area (Å²) in [7, 11) is 0. The van der Waals surface area contributed by atoms with Crippen molar-refractivity contribution in [2.24, 2.45) is 0 Å². The van der Waals surface area contributed by atoms with E-state index in [1.165, 1.54) is 6.07 Å². The third-order valence-corrected chi connectivity index (χ3v) is 1.97. The van der Waals surface area contributed by atoms with Crippen LogP contribution in [0.25, 0.3) is 0 Å². The van der Waals surface area contributed by atoms with Crippen molar-refractivity contribution in [1.29, 1.82) is 10.5 Å². The normalized spacial score (nSPS) is 10.3. The van der Waals surface area contributed by atoms with Gasteiger partial charge >= 0.3 is 6.18 Å². The van der Waals surface area contributed by atoms with Gasteiger partial charge in [-0.25, -0.2) is 0 Å². The van der Waals surface area contributed by atoms with E-state index in [1.807, 2.05) is 5.32 Å². The molecule has 1 rings (SSSR count). The van der Waals surface area contributed by atoms with E-state index in [0.717, 1.165) is 12.1 Å². The average Bonchev–Trinajstić information content (AvgIpc) is 2.28. The lowest BCUT2D eigenvalue weighted by atomic mass is 10.1. The Morgan fingerprint density at radius 1 is 1.33 bits per heavy atom. The summed E-state index contributed by atoms with van der Waals surface area (Å²) in [5.41, 5.74) is -1.75. The molecule has 0 saturated heterocycles. The van der Waals surface area contributed by atoms with Gasteiger partial charge in [-0.05, 0) is 18.2 Å². The topological polar surface area (TPSA) is 76.7 Å². The van der Waals surface area contributed by atoms with Crippen LogP contribution in [0.2, 0.25) is 0 Å². The Morgan fingerprint density at radius 2 is 2.00 bits per heavy atom. The Labute approximate surface area is 100 Å². The van der Waals surface area contributed by atoms with Gasteiger partial charge in [0.2, 0.25) is 5.91 Å². The first-order chi connectivity index (χ1) is 8.38. The van der Waals surface area contributed by atoms with Gasteiger partial charge in [0, 0.05) is 0 Å². The molecular formula is C11H6F3N3O. The van der Waals surface area contributed by atoms with Crippen LogP contribution in [0.5, 0.6) is 0 Å². The molecule has 0 radical (unpaired) electrons. The zero-order valence-corrected chi connectivity index (χ0v) is 8.88. The molecule has 0 aliphatic carbocycles. The van der Waals surface area contributed by atoms with Gasteiger partial charge in [-0.1, -0.05) is 0 Å². The maximum Gasteiger partial charge on any atom is 0.418 e. The Kier molecular flexibility index (Phi) is 3.90. The molecule has 0 aliphatic heterocycles. The standard InChI is InChI=1S/C11H6F3N3O/c12-11(13,14)8-5-7(6-16)1-2-9(8)17-10(18)3-4-15/h1-2,5H,3H2,(H,17,18). The Balaban J connectivity index is 3.17. The lowest BCUT2D eigenvalue weighted by Crippen LogP contribution is -2.16. The summed E-state index contributed by atoms with van der Waals surface area (Å²) in [4.78, 5) is 11.1. The monoisotopic (exact) mass is 253 g/mol. The van der Waals surface area contributed by atoms with Gasteiger partial charge in [0.25, 0.3) is 0 Å². The van der Waals surface area contributed by atoms with E-state index >= 15 is 0 Å². The zero-order chi connectivity index (χ0) is 13.8. The number of rotatable bonds is 2. The minimum atomic E-state index is -4.69. The number of amides is 1. The summed E-state index contributed by atoms with van der Waals surface area (Å²) in [5, 5.41) is 18.8. The number of carbonyl (C=O) groups is 1. The van der Waals surface area contributed by atoms with Crippen LogP contribution >= 0.6 is 0 Å². The van der Waals surface area contributed by atoms with Crippen LogP contribution in [0.4, 0.5) is 18.9 Å². The molecule has 1 N–H and O–H groups in total. The van der Waals surface area contributed by atoms with E-state index < -0.39 is 29.8 Å². The first kappa shape index (κ1) is 13.5. The number of alkyl halides is 3. The molecule has 0 bridgehead atoms. The quantitative estimate of drug-likeness (QED) is 0.879. The second-order valence-electron chi connectivity index (χ2n) is 3.25. The van der Waals surface area contributed by atoms with Gasteiger partial charge in [-0.2, -0.15) is 23.7 Å². The highest BCUT2D eigenvalue weighted by Crippen LogP contribution is 2.35. The summed E-state index contributed by atoms with van der Waals surface area (Å²) in [6.07, 6.45) is -5.24. The van der Waals surface area contributed by atoms with Crippen molar-refractivity contribution in [3.63, 3.8) is 0 Å². The van der Waals surface area contributed by atoms with E-state index in [4.69, 9.17) is 10.5 Å². The maximum atomic E-state index is 12.7. The Bertz CT molecular complexity index is 552. The fraction of sp³-hybridized carbons (Fsp3) is 0.182. The second kappa shape index (κ2) is 5.19. The molecule has 1 aromatic carbocycles. The van der Waals surface area contributed by atoms with Crippen LogP contribution in [0.1, 0.15) is 17.5 Å². The van der Waals surface area contributed by atoms with Gasteiger partial charge in [0.1, 0.15) is 6.42 Å². The van der Waals surface area contributed by atoms with Crippen molar-refractivity contribution in [3.8, 4) is 12.1 Å². The SMILES string of the molecule is N#CCC(=O)Nc1ccc(C#N)cc1C(F)(F)F. The number of carbonyl (C=O) groups excluding carboxylic acids is 1. The molecule has 7 heteroatoms. The van der Waals surface area contributed by atoms with Crippen LogP contribution in [0.15, 0.2) is 18.2 Å². The van der Waals surface area contributed by atoms with Crippen molar-refractivity contribution in [2.75, 3.05) is 5.32 Å². The Morgan fingerprint density at radius 3 is 2.50 bits per heavy atom. The van der Waals surface area contributed by atoms with E-state index in [9.17, 15) is 18.0 Å². The summed E-state index contributed by atoms with van der Waals surface area (Å²) in [6.45, 7) is 0. The highest BCUT2D eigenvalue weighted by Gasteiger charge is 2.34. The molecule has 18 heavy (non-hydrogen) atoms. The first-order valence-corrected chi connectivity index (χ1v) is 4.66.